The molecule has 0 aliphatic rings. The Morgan fingerprint density at radius 2 is 1.14 bits per heavy atom. The molecule has 0 bridgehead atoms. The molecule has 0 amide bonds. The number of nitrogens with one attached hydrogen (secondary N) is 1. The maximum Gasteiger partial charge on any atom is 0.250 e. The average molecular weight is 368 g/mol. The first kappa shape index (κ1) is 17.9. The van der Waals surface area contributed by atoms with Crippen molar-refractivity contribution in [1.29, 1.82) is 0 Å². The molecule has 0 aromatic heterocycles. The van der Waals surface area contributed by atoms with Gasteiger partial charge in [-0.05, 0) is 16.7 Å². The monoisotopic (exact) mass is 368 g/mol. The van der Waals surface area contributed by atoms with E-state index in [1.54, 1.807) is 0 Å². The van der Waals surface area contributed by atoms with E-state index >= 15 is 0 Å². The van der Waals surface area contributed by atoms with E-state index in [9.17, 15) is 9.59 Å². The molecule has 0 aliphatic heterocycles. The minimum Gasteiger partial charge on any atom is -0.372 e. The van der Waals surface area contributed by atoms with Crippen molar-refractivity contribution in [3.8, 4) is 11.1 Å². The van der Waals surface area contributed by atoms with E-state index in [4.69, 9.17) is 5.73 Å². The molecule has 0 radical (unpaired) electrons. The van der Waals surface area contributed by atoms with Gasteiger partial charge in [-0.1, -0.05) is 91.0 Å². The van der Waals surface area contributed by atoms with E-state index in [0.29, 0.717) is 11.3 Å². The highest BCUT2D eigenvalue weighted by molar-refractivity contribution is 5.82. The van der Waals surface area contributed by atoms with Crippen molar-refractivity contribution in [2.45, 2.75) is 12.1 Å². The van der Waals surface area contributed by atoms with Gasteiger partial charge in [-0.25, -0.2) is 0 Å². The van der Waals surface area contributed by atoms with Crippen molar-refractivity contribution >= 4 is 5.69 Å². The lowest BCUT2D eigenvalue weighted by Crippen LogP contribution is -2.39. The van der Waals surface area contributed by atoms with Crippen LogP contribution < -0.4 is 21.9 Å². The summed E-state index contributed by atoms with van der Waals surface area (Å²) in [6.45, 7) is 0. The van der Waals surface area contributed by atoms with Gasteiger partial charge in [-0.2, -0.15) is 0 Å². The minimum absolute atomic E-state index is 0.330. The fourth-order valence-electron chi connectivity index (χ4n) is 3.47. The number of rotatable bonds is 6. The first-order chi connectivity index (χ1) is 13.7. The van der Waals surface area contributed by atoms with Gasteiger partial charge in [-0.3, -0.25) is 9.59 Å². The van der Waals surface area contributed by atoms with Gasteiger partial charge < -0.3 is 11.1 Å². The fourth-order valence-corrected chi connectivity index (χ4v) is 3.47. The SMILES string of the molecule is N[C@@H](c1ccccc1)[C@@H](Nc1c(-c2ccccc2)c(=O)c1=O)c1ccccc1. The van der Waals surface area contributed by atoms with Crippen LogP contribution in [0.4, 0.5) is 5.69 Å². The minimum atomic E-state index is -0.500. The van der Waals surface area contributed by atoms with Crippen LogP contribution in [0.2, 0.25) is 0 Å². The van der Waals surface area contributed by atoms with Gasteiger partial charge in [0.05, 0.1) is 23.3 Å². The number of hydrogen-bond donors (Lipinski definition) is 2. The van der Waals surface area contributed by atoms with Crippen molar-refractivity contribution < 1.29 is 0 Å². The Morgan fingerprint density at radius 3 is 1.71 bits per heavy atom. The molecule has 3 N–H and O–H groups in total. The van der Waals surface area contributed by atoms with Gasteiger partial charge in [0.25, 0.3) is 0 Å². The van der Waals surface area contributed by atoms with Gasteiger partial charge in [-0.15, -0.1) is 0 Å². The summed E-state index contributed by atoms with van der Waals surface area (Å²) < 4.78 is 0. The van der Waals surface area contributed by atoms with Gasteiger partial charge in [0.2, 0.25) is 10.9 Å². The Morgan fingerprint density at radius 1 is 0.643 bits per heavy atom. The van der Waals surface area contributed by atoms with Crippen LogP contribution >= 0.6 is 0 Å². The van der Waals surface area contributed by atoms with Gasteiger partial charge >= 0.3 is 0 Å². The van der Waals surface area contributed by atoms with Crippen LogP contribution in [0.1, 0.15) is 23.2 Å². The van der Waals surface area contributed by atoms with Crippen LogP contribution in [0, 0.1) is 0 Å². The van der Waals surface area contributed by atoms with Crippen LogP contribution in [-0.4, -0.2) is 0 Å². The lowest BCUT2D eigenvalue weighted by Gasteiger charge is -2.28. The standard InChI is InChI=1S/C24H20N2O2/c25-20(17-12-6-2-7-13-17)21(18-14-8-3-9-15-18)26-22-19(23(27)24(22)28)16-10-4-1-5-11-16/h1-15,20-21,26H,25H2/t20-,21-/m0/s1. The molecule has 4 rings (SSSR count). The summed E-state index contributed by atoms with van der Waals surface area (Å²) in [6.07, 6.45) is 0. The molecule has 0 unspecified atom stereocenters. The first-order valence-corrected chi connectivity index (χ1v) is 9.17. The maximum atomic E-state index is 12.4. The fraction of sp³-hybridized carbons (Fsp3) is 0.0833. The zero-order chi connectivity index (χ0) is 19.5. The largest absolute Gasteiger partial charge is 0.372 e. The molecule has 0 heterocycles. The molecular weight excluding hydrogens is 348 g/mol. The number of benzene rings is 3. The van der Waals surface area contributed by atoms with Gasteiger partial charge in [0, 0.05) is 0 Å². The van der Waals surface area contributed by atoms with E-state index < -0.39 is 16.9 Å². The third-order valence-electron chi connectivity index (χ3n) is 4.97. The second-order valence-electron chi connectivity index (χ2n) is 6.74. The summed E-state index contributed by atoms with van der Waals surface area (Å²) in [5, 5.41) is 3.28. The molecular formula is C24H20N2O2. The summed E-state index contributed by atoms with van der Waals surface area (Å²) in [6, 6.07) is 27.9. The second kappa shape index (κ2) is 7.62. The van der Waals surface area contributed by atoms with Crippen molar-refractivity contribution in [1.82, 2.24) is 0 Å². The van der Waals surface area contributed by atoms with Crippen LogP contribution in [0.25, 0.3) is 11.1 Å². The highest BCUT2D eigenvalue weighted by Gasteiger charge is 2.28. The van der Waals surface area contributed by atoms with Crippen LogP contribution in [0.5, 0.6) is 0 Å². The first-order valence-electron chi connectivity index (χ1n) is 9.17. The van der Waals surface area contributed by atoms with Crippen molar-refractivity contribution in [2.24, 2.45) is 5.73 Å². The van der Waals surface area contributed by atoms with E-state index in [-0.39, 0.29) is 6.04 Å². The number of hydrogen-bond acceptors (Lipinski definition) is 4. The molecule has 2 atom stereocenters. The van der Waals surface area contributed by atoms with Gasteiger partial charge in [0.15, 0.2) is 0 Å². The number of anilines is 1. The molecule has 4 aromatic rings. The smallest absolute Gasteiger partial charge is 0.250 e. The molecule has 4 heteroatoms. The van der Waals surface area contributed by atoms with E-state index in [0.717, 1.165) is 16.7 Å². The van der Waals surface area contributed by atoms with Gasteiger partial charge in [0.1, 0.15) is 0 Å². The molecule has 138 valence electrons. The second-order valence-corrected chi connectivity index (χ2v) is 6.74. The molecule has 4 nitrogen and oxygen atoms in total. The van der Waals surface area contributed by atoms with E-state index in [1.165, 1.54) is 0 Å². The third kappa shape index (κ3) is 3.26. The molecule has 0 saturated heterocycles. The Hall–Kier alpha value is -3.50. The van der Waals surface area contributed by atoms with E-state index in [2.05, 4.69) is 5.32 Å². The lowest BCUT2D eigenvalue weighted by atomic mass is 9.92. The van der Waals surface area contributed by atoms with Crippen molar-refractivity contribution in [3.63, 3.8) is 0 Å². The van der Waals surface area contributed by atoms with Crippen molar-refractivity contribution in [3.05, 3.63) is 123 Å². The summed E-state index contributed by atoms with van der Waals surface area (Å²) in [5.74, 6) is 0. The third-order valence-corrected chi connectivity index (χ3v) is 4.97. The van der Waals surface area contributed by atoms with Crippen LogP contribution in [0.3, 0.4) is 0 Å². The lowest BCUT2D eigenvalue weighted by molar-refractivity contribution is 0.609. The Bertz CT molecular complexity index is 1130. The zero-order valence-electron chi connectivity index (χ0n) is 15.2. The molecule has 0 aliphatic carbocycles. The molecule has 0 saturated carbocycles. The summed E-state index contributed by atoms with van der Waals surface area (Å²) >= 11 is 0. The highest BCUT2D eigenvalue weighted by atomic mass is 16.2. The Kier molecular flexibility index (Phi) is 4.87. The Balaban J connectivity index is 1.75. The van der Waals surface area contributed by atoms with Crippen molar-refractivity contribution in [2.75, 3.05) is 5.32 Å². The average Bonchev–Trinajstić information content (AvgIpc) is 2.77. The van der Waals surface area contributed by atoms with Crippen LogP contribution in [0.15, 0.2) is 101 Å². The molecule has 0 spiro atoms. The quantitative estimate of drug-likeness (QED) is 0.508. The van der Waals surface area contributed by atoms with E-state index in [1.807, 2.05) is 91.0 Å². The molecule has 4 aromatic carbocycles. The van der Waals surface area contributed by atoms with Crippen LogP contribution in [-0.2, 0) is 0 Å². The summed E-state index contributed by atoms with van der Waals surface area (Å²) in [7, 11) is 0. The summed E-state index contributed by atoms with van der Waals surface area (Å²) in [4.78, 5) is 24.6. The highest BCUT2D eigenvalue weighted by Crippen LogP contribution is 2.33. The molecule has 28 heavy (non-hydrogen) atoms. The zero-order valence-corrected chi connectivity index (χ0v) is 15.2. The molecule has 0 fully saturated rings. The normalized spacial score (nSPS) is 13.2. The predicted octanol–water partition coefficient (Wildman–Crippen LogP) is 3.80. The predicted molar refractivity (Wildman–Crippen MR) is 113 cm³/mol. The number of nitrogens with two attached hydrogens (primary N) is 1. The topological polar surface area (TPSA) is 72.2 Å². The maximum absolute atomic E-state index is 12.4. The Labute approximate surface area is 163 Å². The summed E-state index contributed by atoms with van der Waals surface area (Å²) in [5.41, 5.74) is 9.00.